The number of carbonyl (C=O) groups excluding carboxylic acids is 2. The molecule has 0 heterocycles. The zero-order valence-corrected chi connectivity index (χ0v) is 15.1. The van der Waals surface area contributed by atoms with Crippen molar-refractivity contribution in [2.75, 3.05) is 14.2 Å². The number of benzene rings is 2. The lowest BCUT2D eigenvalue weighted by molar-refractivity contribution is 0.0973. The number of fused-ring (bicyclic) bond motifs is 2. The van der Waals surface area contributed by atoms with Crippen LogP contribution in [-0.4, -0.2) is 30.9 Å². The van der Waals surface area contributed by atoms with Gasteiger partial charge in [-0.1, -0.05) is 24.3 Å². The van der Waals surface area contributed by atoms with E-state index >= 15 is 0 Å². The molecule has 2 aromatic rings. The number of hydrogen-bond donors (Lipinski definition) is 1. The molecule has 0 aromatic heterocycles. The van der Waals surface area contributed by atoms with Crippen LogP contribution in [0.25, 0.3) is 0 Å². The molecule has 1 unspecified atom stereocenters. The second-order valence-electron chi connectivity index (χ2n) is 6.07. The van der Waals surface area contributed by atoms with Crippen molar-refractivity contribution in [3.8, 4) is 11.5 Å². The summed E-state index contributed by atoms with van der Waals surface area (Å²) in [5.41, 5.74) is 2.13. The van der Waals surface area contributed by atoms with Crippen LogP contribution in [0.15, 0.2) is 36.4 Å². The monoisotopic (exact) mass is 352 g/mol. The van der Waals surface area contributed by atoms with E-state index < -0.39 is 6.10 Å². The molecule has 2 aromatic carbocycles. The van der Waals surface area contributed by atoms with Gasteiger partial charge < -0.3 is 14.6 Å². The number of ether oxygens (including phenoxy) is 2. The van der Waals surface area contributed by atoms with Crippen LogP contribution >= 0.6 is 0 Å². The van der Waals surface area contributed by atoms with Gasteiger partial charge in [-0.15, -0.1) is 0 Å². The molecule has 0 saturated carbocycles. The molecule has 5 nitrogen and oxygen atoms in total. The minimum Gasteiger partial charge on any atom is -0.496 e. The summed E-state index contributed by atoms with van der Waals surface area (Å²) in [6, 6.07) is 6.58. The Kier molecular flexibility index (Phi) is 4.66. The van der Waals surface area contributed by atoms with Crippen molar-refractivity contribution in [2.45, 2.75) is 20.0 Å². The molecule has 1 aliphatic rings. The maximum absolute atomic E-state index is 13.2. The van der Waals surface area contributed by atoms with E-state index in [1.54, 1.807) is 50.3 Å². The first-order valence-electron chi connectivity index (χ1n) is 8.25. The van der Waals surface area contributed by atoms with Gasteiger partial charge in [0.2, 0.25) is 5.78 Å². The van der Waals surface area contributed by atoms with Gasteiger partial charge in [0.25, 0.3) is 0 Å². The van der Waals surface area contributed by atoms with Crippen LogP contribution in [0.5, 0.6) is 11.5 Å². The first-order valence-corrected chi connectivity index (χ1v) is 8.25. The van der Waals surface area contributed by atoms with E-state index in [9.17, 15) is 14.7 Å². The van der Waals surface area contributed by atoms with Crippen molar-refractivity contribution in [2.24, 2.45) is 0 Å². The summed E-state index contributed by atoms with van der Waals surface area (Å²) in [5, 5.41) is 10.5. The number of aliphatic hydroxyl groups is 1. The SMILES string of the molecule is C/C=C/C(O)c1c(C)cc2c(c1OC)C(=O)c1c(OC)cccc1C2=O. The highest BCUT2D eigenvalue weighted by atomic mass is 16.5. The highest BCUT2D eigenvalue weighted by molar-refractivity contribution is 6.30. The number of aliphatic hydroxyl groups excluding tert-OH is 1. The molecule has 0 saturated heterocycles. The summed E-state index contributed by atoms with van der Waals surface area (Å²) in [6.07, 6.45) is 2.37. The van der Waals surface area contributed by atoms with Gasteiger partial charge in [-0.05, 0) is 31.5 Å². The van der Waals surface area contributed by atoms with E-state index in [1.807, 2.05) is 0 Å². The molecule has 0 aliphatic heterocycles. The lowest BCUT2D eigenvalue weighted by Crippen LogP contribution is -2.24. The third-order valence-electron chi connectivity index (χ3n) is 4.59. The number of aryl methyl sites for hydroxylation is 1. The Labute approximate surface area is 151 Å². The fourth-order valence-corrected chi connectivity index (χ4v) is 3.46. The molecule has 0 radical (unpaired) electrons. The molecule has 1 aliphatic carbocycles. The molecule has 134 valence electrons. The highest BCUT2D eigenvalue weighted by Crippen LogP contribution is 2.42. The second-order valence-corrected chi connectivity index (χ2v) is 6.07. The molecule has 5 heteroatoms. The number of hydrogen-bond acceptors (Lipinski definition) is 5. The first-order chi connectivity index (χ1) is 12.5. The average Bonchev–Trinajstić information content (AvgIpc) is 2.64. The number of methoxy groups -OCH3 is 2. The predicted molar refractivity (Wildman–Crippen MR) is 97.4 cm³/mol. The maximum Gasteiger partial charge on any atom is 0.201 e. The number of carbonyl (C=O) groups is 2. The molecule has 0 spiro atoms. The van der Waals surface area contributed by atoms with E-state index in [1.165, 1.54) is 14.2 Å². The van der Waals surface area contributed by atoms with Gasteiger partial charge in [-0.3, -0.25) is 9.59 Å². The van der Waals surface area contributed by atoms with Crippen LogP contribution < -0.4 is 9.47 Å². The minimum absolute atomic E-state index is 0.165. The van der Waals surface area contributed by atoms with Crippen molar-refractivity contribution < 1.29 is 24.2 Å². The molecule has 3 rings (SSSR count). The Morgan fingerprint density at radius 2 is 1.77 bits per heavy atom. The maximum atomic E-state index is 13.2. The molecular weight excluding hydrogens is 332 g/mol. The third kappa shape index (κ3) is 2.52. The lowest BCUT2D eigenvalue weighted by atomic mass is 9.80. The quantitative estimate of drug-likeness (QED) is 0.729. The molecule has 0 fully saturated rings. The smallest absolute Gasteiger partial charge is 0.201 e. The molecule has 0 bridgehead atoms. The fourth-order valence-electron chi connectivity index (χ4n) is 3.46. The summed E-state index contributed by atoms with van der Waals surface area (Å²) in [5.74, 6) is -0.0509. The van der Waals surface area contributed by atoms with Gasteiger partial charge in [0.05, 0.1) is 25.3 Å². The third-order valence-corrected chi connectivity index (χ3v) is 4.59. The van der Waals surface area contributed by atoms with Crippen molar-refractivity contribution in [1.29, 1.82) is 0 Å². The number of rotatable bonds is 4. The Balaban J connectivity index is 2.36. The molecule has 0 amide bonds. The highest BCUT2D eigenvalue weighted by Gasteiger charge is 2.37. The van der Waals surface area contributed by atoms with Gasteiger partial charge in [-0.25, -0.2) is 0 Å². The Morgan fingerprint density at radius 1 is 1.04 bits per heavy atom. The standard InChI is InChI=1S/C21H20O5/c1-5-7-14(22)16-11(2)10-13-18(21(16)26-4)20(24)17-12(19(13)23)8-6-9-15(17)25-3/h5-10,14,22H,1-4H3/b7-5+. The fraction of sp³-hybridized carbons (Fsp3) is 0.238. The van der Waals surface area contributed by atoms with Gasteiger partial charge in [0, 0.05) is 16.7 Å². The Bertz CT molecular complexity index is 940. The van der Waals surface area contributed by atoms with Gasteiger partial charge >= 0.3 is 0 Å². The van der Waals surface area contributed by atoms with Crippen molar-refractivity contribution in [3.63, 3.8) is 0 Å². The zero-order chi connectivity index (χ0) is 19.0. The van der Waals surface area contributed by atoms with Crippen LogP contribution in [0.2, 0.25) is 0 Å². The number of allylic oxidation sites excluding steroid dienone is 1. The summed E-state index contributed by atoms with van der Waals surface area (Å²) >= 11 is 0. The van der Waals surface area contributed by atoms with Crippen LogP contribution in [-0.2, 0) is 0 Å². The predicted octanol–water partition coefficient (Wildman–Crippen LogP) is 3.40. The first kappa shape index (κ1) is 17.9. The summed E-state index contributed by atoms with van der Waals surface area (Å²) in [6.45, 7) is 3.57. The molecule has 1 N–H and O–H groups in total. The van der Waals surface area contributed by atoms with Crippen LogP contribution in [0.4, 0.5) is 0 Å². The van der Waals surface area contributed by atoms with Crippen molar-refractivity contribution in [1.82, 2.24) is 0 Å². The van der Waals surface area contributed by atoms with E-state index in [0.717, 1.165) is 0 Å². The minimum atomic E-state index is -0.942. The molecular formula is C21H20O5. The zero-order valence-electron chi connectivity index (χ0n) is 15.1. The van der Waals surface area contributed by atoms with Crippen LogP contribution in [0, 0.1) is 6.92 Å². The Hall–Kier alpha value is -2.92. The van der Waals surface area contributed by atoms with Crippen molar-refractivity contribution >= 4 is 11.6 Å². The Morgan fingerprint density at radius 3 is 2.38 bits per heavy atom. The lowest BCUT2D eigenvalue weighted by Gasteiger charge is -2.25. The number of ketones is 2. The van der Waals surface area contributed by atoms with Crippen LogP contribution in [0.1, 0.15) is 56.0 Å². The largest absolute Gasteiger partial charge is 0.496 e. The van der Waals surface area contributed by atoms with E-state index in [0.29, 0.717) is 22.4 Å². The topological polar surface area (TPSA) is 72.8 Å². The van der Waals surface area contributed by atoms with Gasteiger partial charge in [-0.2, -0.15) is 0 Å². The van der Waals surface area contributed by atoms with Crippen molar-refractivity contribution in [3.05, 3.63) is 69.8 Å². The summed E-state index contributed by atoms with van der Waals surface area (Å²) in [7, 11) is 2.88. The van der Waals surface area contributed by atoms with Gasteiger partial charge in [0.1, 0.15) is 17.6 Å². The van der Waals surface area contributed by atoms with E-state index in [-0.39, 0.29) is 34.0 Å². The summed E-state index contributed by atoms with van der Waals surface area (Å²) < 4.78 is 10.8. The normalized spacial score (nSPS) is 14.2. The summed E-state index contributed by atoms with van der Waals surface area (Å²) in [4.78, 5) is 26.3. The van der Waals surface area contributed by atoms with Crippen LogP contribution in [0.3, 0.4) is 0 Å². The second kappa shape index (κ2) is 6.77. The van der Waals surface area contributed by atoms with E-state index in [2.05, 4.69) is 0 Å². The van der Waals surface area contributed by atoms with E-state index in [4.69, 9.17) is 9.47 Å². The van der Waals surface area contributed by atoms with Gasteiger partial charge in [0.15, 0.2) is 5.78 Å². The molecule has 1 atom stereocenters. The average molecular weight is 352 g/mol. The molecule has 26 heavy (non-hydrogen) atoms.